The predicted molar refractivity (Wildman–Crippen MR) is 100 cm³/mol. The summed E-state index contributed by atoms with van der Waals surface area (Å²) in [5, 5.41) is 38.2. The van der Waals surface area contributed by atoms with Crippen molar-refractivity contribution in [2.24, 2.45) is 11.5 Å². The van der Waals surface area contributed by atoms with Crippen molar-refractivity contribution in [1.82, 2.24) is 0 Å². The molecule has 0 aliphatic heterocycles. The summed E-state index contributed by atoms with van der Waals surface area (Å²) < 4.78 is 0. The number of carboxylic acids is 4. The monoisotopic (exact) mass is 400 g/mol. The van der Waals surface area contributed by atoms with Gasteiger partial charge in [-0.25, -0.2) is 0 Å². The van der Waals surface area contributed by atoms with Crippen molar-refractivity contribution in [3.63, 3.8) is 0 Å². The molecule has 0 fully saturated rings. The molecule has 27 heavy (non-hydrogen) atoms. The van der Waals surface area contributed by atoms with Gasteiger partial charge in [0.2, 0.25) is 0 Å². The average Bonchev–Trinajstić information content (AvgIpc) is 2.41. The second-order valence-electron chi connectivity index (χ2n) is 4.99. The third kappa shape index (κ3) is 246. The van der Waals surface area contributed by atoms with E-state index < -0.39 is 23.9 Å². The van der Waals surface area contributed by atoms with E-state index in [0.717, 1.165) is 66.3 Å². The van der Waals surface area contributed by atoms with E-state index in [1.54, 1.807) is 0 Å². The topological polar surface area (TPSA) is 221 Å². The van der Waals surface area contributed by atoms with Crippen LogP contribution in [-0.4, -0.2) is 68.6 Å². The molecule has 11 heteroatoms. The third-order valence-electron chi connectivity index (χ3n) is 1.78. The van der Waals surface area contributed by atoms with E-state index in [4.69, 9.17) is 56.2 Å². The molecule has 0 aliphatic carbocycles. The van der Waals surface area contributed by atoms with Crippen LogP contribution in [0.1, 0.15) is 59.8 Å². The molecular formula is C16H36N2O9. The molecule has 0 saturated heterocycles. The highest BCUT2D eigenvalue weighted by Gasteiger charge is 1.99. The quantitative estimate of drug-likeness (QED) is 0.293. The number of nitrogens with two attached hydrogens (primary N) is 2. The number of aliphatic hydroxyl groups is 1. The predicted octanol–water partition coefficient (Wildman–Crippen LogP) is 0.579. The van der Waals surface area contributed by atoms with Crippen LogP contribution in [0.5, 0.6) is 0 Å². The van der Waals surface area contributed by atoms with Crippen LogP contribution in [0.4, 0.5) is 0 Å². The molecule has 0 saturated carbocycles. The van der Waals surface area contributed by atoms with Crippen LogP contribution >= 0.6 is 0 Å². The molecule has 11 nitrogen and oxygen atoms in total. The SMILES string of the molecule is CC(=O)O.CC(=O)O.CC(=O)O.CC(=O)O.NCCCCCC(N)CCO. The summed E-state index contributed by atoms with van der Waals surface area (Å²) in [4.78, 5) is 36.0. The molecule has 1 unspecified atom stereocenters. The number of hydrogen-bond acceptors (Lipinski definition) is 7. The Labute approximate surface area is 160 Å². The maximum Gasteiger partial charge on any atom is 0.300 e. The van der Waals surface area contributed by atoms with Crippen LogP contribution < -0.4 is 11.5 Å². The minimum absolute atomic E-state index is 0.178. The molecule has 0 aromatic heterocycles. The first kappa shape index (κ1) is 35.8. The van der Waals surface area contributed by atoms with Crippen molar-refractivity contribution in [1.29, 1.82) is 0 Å². The zero-order valence-corrected chi connectivity index (χ0v) is 16.6. The highest BCUT2D eigenvalue weighted by atomic mass is 16.4. The summed E-state index contributed by atoms with van der Waals surface area (Å²) >= 11 is 0. The maximum atomic E-state index is 9.00. The first-order valence-corrected chi connectivity index (χ1v) is 8.09. The van der Waals surface area contributed by atoms with Crippen LogP contribution in [-0.2, 0) is 19.2 Å². The molecular weight excluding hydrogens is 364 g/mol. The summed E-state index contributed by atoms with van der Waals surface area (Å²) in [5.41, 5.74) is 11.0. The molecule has 0 aliphatic rings. The Kier molecular flexibility index (Phi) is 41.8. The van der Waals surface area contributed by atoms with Crippen molar-refractivity contribution in [3.8, 4) is 0 Å². The number of aliphatic carboxylic acids is 4. The van der Waals surface area contributed by atoms with E-state index in [-0.39, 0.29) is 12.6 Å². The van der Waals surface area contributed by atoms with E-state index in [1.807, 2.05) is 0 Å². The van der Waals surface area contributed by atoms with Gasteiger partial charge in [0.1, 0.15) is 0 Å². The van der Waals surface area contributed by atoms with Gasteiger partial charge >= 0.3 is 0 Å². The normalized spacial score (nSPS) is 9.15. The lowest BCUT2D eigenvalue weighted by atomic mass is 10.1. The van der Waals surface area contributed by atoms with Crippen LogP contribution in [0.25, 0.3) is 0 Å². The van der Waals surface area contributed by atoms with Crippen LogP contribution in [0, 0.1) is 0 Å². The Morgan fingerprint density at radius 1 is 0.704 bits per heavy atom. The summed E-state index contributed by atoms with van der Waals surface area (Å²) in [6.07, 6.45) is 5.13. The summed E-state index contributed by atoms with van der Waals surface area (Å²) in [7, 11) is 0. The first-order chi connectivity index (χ1) is 12.2. The lowest BCUT2D eigenvalue weighted by Crippen LogP contribution is -2.21. The molecule has 9 N–H and O–H groups in total. The van der Waals surface area contributed by atoms with Crippen LogP contribution in [0.3, 0.4) is 0 Å². The van der Waals surface area contributed by atoms with Gasteiger partial charge in [-0.05, 0) is 25.8 Å². The van der Waals surface area contributed by atoms with E-state index >= 15 is 0 Å². The van der Waals surface area contributed by atoms with Gasteiger partial charge in [-0.15, -0.1) is 0 Å². The number of unbranched alkanes of at least 4 members (excludes halogenated alkanes) is 2. The minimum Gasteiger partial charge on any atom is -0.481 e. The van der Waals surface area contributed by atoms with Gasteiger partial charge in [-0.1, -0.05) is 12.8 Å². The molecule has 0 spiro atoms. The second-order valence-corrected chi connectivity index (χ2v) is 4.99. The van der Waals surface area contributed by atoms with Gasteiger partial charge in [0.25, 0.3) is 23.9 Å². The highest BCUT2D eigenvalue weighted by molar-refractivity contribution is 5.63. The largest absolute Gasteiger partial charge is 0.481 e. The average molecular weight is 400 g/mol. The first-order valence-electron chi connectivity index (χ1n) is 8.09. The van der Waals surface area contributed by atoms with Crippen molar-refractivity contribution < 1.29 is 44.7 Å². The molecule has 0 bridgehead atoms. The standard InChI is InChI=1S/C8H20N2O.4C2H4O2/c9-6-3-1-2-4-8(10)5-7-11;4*1-2(3)4/h8,11H,1-7,9-10H2;4*1H3,(H,3,4). The molecule has 0 rings (SSSR count). The molecule has 0 amide bonds. The molecule has 0 heterocycles. The summed E-state index contributed by atoms with van der Waals surface area (Å²) in [6, 6.07) is 0.178. The Balaban J connectivity index is -0.0000000841. The second kappa shape index (κ2) is 31.5. The Morgan fingerprint density at radius 2 is 1.00 bits per heavy atom. The Hall–Kier alpha value is -2.24. The van der Waals surface area contributed by atoms with Gasteiger partial charge in [0.05, 0.1) is 0 Å². The lowest BCUT2D eigenvalue weighted by molar-refractivity contribution is -0.135. The van der Waals surface area contributed by atoms with Gasteiger partial charge < -0.3 is 37.0 Å². The third-order valence-corrected chi connectivity index (χ3v) is 1.78. The zero-order chi connectivity index (χ0) is 22.8. The fourth-order valence-corrected chi connectivity index (χ4v) is 1.04. The van der Waals surface area contributed by atoms with Gasteiger partial charge in [-0.3, -0.25) is 19.2 Å². The van der Waals surface area contributed by atoms with Gasteiger partial charge in [0.15, 0.2) is 0 Å². The zero-order valence-electron chi connectivity index (χ0n) is 16.6. The molecule has 0 radical (unpaired) electrons. The summed E-state index contributed by atoms with van der Waals surface area (Å²) in [5.74, 6) is -3.33. The number of hydrogen-bond donors (Lipinski definition) is 7. The van der Waals surface area contributed by atoms with Crippen LogP contribution in [0.2, 0.25) is 0 Å². The molecule has 1 atom stereocenters. The van der Waals surface area contributed by atoms with Gasteiger partial charge in [-0.2, -0.15) is 0 Å². The smallest absolute Gasteiger partial charge is 0.300 e. The minimum atomic E-state index is -0.833. The maximum absolute atomic E-state index is 9.00. The molecule has 0 aromatic rings. The molecule has 164 valence electrons. The Bertz CT molecular complexity index is 300. The van der Waals surface area contributed by atoms with E-state index in [0.29, 0.717) is 0 Å². The van der Waals surface area contributed by atoms with Crippen molar-refractivity contribution in [2.75, 3.05) is 13.2 Å². The fraction of sp³-hybridized carbons (Fsp3) is 0.750. The highest BCUT2D eigenvalue weighted by Crippen LogP contribution is 2.03. The van der Waals surface area contributed by atoms with E-state index in [1.165, 1.54) is 0 Å². The number of rotatable bonds is 7. The number of aliphatic hydroxyl groups excluding tert-OH is 1. The van der Waals surface area contributed by atoms with Crippen LogP contribution in [0.15, 0.2) is 0 Å². The number of carboxylic acid groups (broad SMARTS) is 4. The molecule has 0 aromatic carbocycles. The van der Waals surface area contributed by atoms with Crippen molar-refractivity contribution in [2.45, 2.75) is 65.8 Å². The number of carbonyl (C=O) groups is 4. The van der Waals surface area contributed by atoms with Crippen molar-refractivity contribution >= 4 is 23.9 Å². The Morgan fingerprint density at radius 3 is 1.22 bits per heavy atom. The van der Waals surface area contributed by atoms with Gasteiger partial charge in [0, 0.05) is 40.3 Å². The van der Waals surface area contributed by atoms with Crippen molar-refractivity contribution in [3.05, 3.63) is 0 Å². The summed E-state index contributed by atoms with van der Waals surface area (Å²) in [6.45, 7) is 5.31. The van der Waals surface area contributed by atoms with E-state index in [9.17, 15) is 0 Å². The fourth-order valence-electron chi connectivity index (χ4n) is 1.04. The lowest BCUT2D eigenvalue weighted by Gasteiger charge is -2.08. The van der Waals surface area contributed by atoms with E-state index in [2.05, 4.69) is 0 Å².